The van der Waals surface area contributed by atoms with Crippen LogP contribution in [0.1, 0.15) is 23.2 Å². The van der Waals surface area contributed by atoms with E-state index >= 15 is 0 Å². The maximum Gasteiger partial charge on any atom is 0.251 e. The van der Waals surface area contributed by atoms with Crippen molar-refractivity contribution in [2.24, 2.45) is 0 Å². The maximum absolute atomic E-state index is 12.0. The van der Waals surface area contributed by atoms with E-state index in [9.17, 15) is 4.79 Å². The Bertz CT molecular complexity index is 557. The molecule has 2 N–H and O–H groups in total. The van der Waals surface area contributed by atoms with Crippen molar-refractivity contribution < 1.29 is 9.53 Å². The summed E-state index contributed by atoms with van der Waals surface area (Å²) in [6.07, 6.45) is 5.76. The van der Waals surface area contributed by atoms with Crippen LogP contribution in [0.15, 0.2) is 36.7 Å². The zero-order valence-electron chi connectivity index (χ0n) is 11.1. The Morgan fingerprint density at radius 2 is 2.25 bits per heavy atom. The minimum atomic E-state index is -0.0634. The van der Waals surface area contributed by atoms with Crippen molar-refractivity contribution in [3.05, 3.63) is 42.2 Å². The van der Waals surface area contributed by atoms with Gasteiger partial charge in [0.1, 0.15) is 5.82 Å². The monoisotopic (exact) mass is 271 g/mol. The van der Waals surface area contributed by atoms with Crippen LogP contribution >= 0.6 is 0 Å². The molecule has 2 heterocycles. The van der Waals surface area contributed by atoms with Gasteiger partial charge in [0, 0.05) is 36.7 Å². The number of carbonyl (C=O) groups is 1. The molecule has 0 radical (unpaired) electrons. The van der Waals surface area contributed by atoms with E-state index in [-0.39, 0.29) is 12.0 Å². The zero-order valence-corrected chi connectivity index (χ0v) is 11.1. The van der Waals surface area contributed by atoms with Crippen molar-refractivity contribution in [2.45, 2.75) is 18.9 Å². The third-order valence-electron chi connectivity index (χ3n) is 3.43. The number of carbonyl (C=O) groups excluding carboxylic acids is 1. The molecule has 0 spiro atoms. The van der Waals surface area contributed by atoms with E-state index < -0.39 is 0 Å². The van der Waals surface area contributed by atoms with Gasteiger partial charge in [-0.2, -0.15) is 0 Å². The number of aromatic amines is 1. The predicted octanol–water partition coefficient (Wildman–Crippen LogP) is 1.99. The summed E-state index contributed by atoms with van der Waals surface area (Å²) in [5.41, 5.74) is 1.61. The molecular formula is C15H17N3O2. The Balaban J connectivity index is 1.60. The fourth-order valence-corrected chi connectivity index (χ4v) is 2.32. The van der Waals surface area contributed by atoms with Crippen LogP contribution in [0, 0.1) is 0 Å². The van der Waals surface area contributed by atoms with Crippen LogP contribution in [0.4, 0.5) is 0 Å². The summed E-state index contributed by atoms with van der Waals surface area (Å²) in [4.78, 5) is 19.2. The van der Waals surface area contributed by atoms with Gasteiger partial charge in [-0.15, -0.1) is 0 Å². The van der Waals surface area contributed by atoms with E-state index in [1.807, 2.05) is 24.3 Å². The molecule has 5 heteroatoms. The maximum atomic E-state index is 12.0. The largest absolute Gasteiger partial charge is 0.376 e. The molecule has 1 amide bonds. The molecule has 1 atom stereocenters. The lowest BCUT2D eigenvalue weighted by Crippen LogP contribution is -2.31. The van der Waals surface area contributed by atoms with Gasteiger partial charge in [0.05, 0.1) is 6.10 Å². The van der Waals surface area contributed by atoms with E-state index in [0.29, 0.717) is 12.1 Å². The first-order valence-electron chi connectivity index (χ1n) is 6.82. The van der Waals surface area contributed by atoms with Gasteiger partial charge in [-0.25, -0.2) is 4.98 Å². The van der Waals surface area contributed by atoms with Gasteiger partial charge >= 0.3 is 0 Å². The molecular weight excluding hydrogens is 254 g/mol. The van der Waals surface area contributed by atoms with Crippen LogP contribution in [-0.4, -0.2) is 35.1 Å². The van der Waals surface area contributed by atoms with Crippen molar-refractivity contribution in [2.75, 3.05) is 13.2 Å². The topological polar surface area (TPSA) is 67.0 Å². The molecule has 1 saturated heterocycles. The molecule has 2 aromatic rings. The smallest absolute Gasteiger partial charge is 0.251 e. The molecule has 1 aromatic carbocycles. The highest BCUT2D eigenvalue weighted by Crippen LogP contribution is 2.15. The molecule has 20 heavy (non-hydrogen) atoms. The van der Waals surface area contributed by atoms with Crippen LogP contribution in [0.25, 0.3) is 11.4 Å². The van der Waals surface area contributed by atoms with E-state index in [0.717, 1.165) is 30.8 Å². The van der Waals surface area contributed by atoms with Crippen LogP contribution in [0.5, 0.6) is 0 Å². The van der Waals surface area contributed by atoms with Crippen molar-refractivity contribution in [3.8, 4) is 11.4 Å². The average molecular weight is 271 g/mol. The summed E-state index contributed by atoms with van der Waals surface area (Å²) in [6, 6.07) is 7.39. The number of amides is 1. The third kappa shape index (κ3) is 2.88. The number of nitrogens with one attached hydrogen (secondary N) is 2. The Morgan fingerprint density at radius 1 is 1.40 bits per heavy atom. The van der Waals surface area contributed by atoms with Crippen molar-refractivity contribution in [3.63, 3.8) is 0 Å². The van der Waals surface area contributed by atoms with Crippen molar-refractivity contribution >= 4 is 5.91 Å². The number of hydrogen-bond donors (Lipinski definition) is 2. The summed E-state index contributed by atoms with van der Waals surface area (Å²) >= 11 is 0. The zero-order chi connectivity index (χ0) is 13.8. The molecule has 5 nitrogen and oxygen atoms in total. The number of rotatable bonds is 4. The third-order valence-corrected chi connectivity index (χ3v) is 3.43. The second kappa shape index (κ2) is 5.88. The molecule has 0 aliphatic carbocycles. The molecule has 104 valence electrons. The van der Waals surface area contributed by atoms with Gasteiger partial charge in [0.2, 0.25) is 0 Å². The second-order valence-corrected chi connectivity index (χ2v) is 4.86. The summed E-state index contributed by atoms with van der Waals surface area (Å²) in [5.74, 6) is 0.739. The lowest BCUT2D eigenvalue weighted by molar-refractivity contribution is 0.0858. The van der Waals surface area contributed by atoms with E-state index in [1.54, 1.807) is 12.4 Å². The Kier molecular flexibility index (Phi) is 3.78. The minimum absolute atomic E-state index is 0.0634. The highest BCUT2D eigenvalue weighted by Gasteiger charge is 2.16. The number of ether oxygens (including phenoxy) is 1. The van der Waals surface area contributed by atoms with E-state index in [2.05, 4.69) is 15.3 Å². The number of H-pyrrole nitrogens is 1. The van der Waals surface area contributed by atoms with Gasteiger partial charge in [0.25, 0.3) is 5.91 Å². The highest BCUT2D eigenvalue weighted by molar-refractivity contribution is 5.94. The molecule has 1 aliphatic heterocycles. The van der Waals surface area contributed by atoms with Crippen LogP contribution in [0.2, 0.25) is 0 Å². The van der Waals surface area contributed by atoms with Gasteiger partial charge in [-0.1, -0.05) is 12.1 Å². The number of imidazole rings is 1. The molecule has 1 aliphatic rings. The molecule has 0 saturated carbocycles. The number of aromatic nitrogens is 2. The Labute approximate surface area is 117 Å². The summed E-state index contributed by atoms with van der Waals surface area (Å²) in [5, 5.41) is 2.91. The summed E-state index contributed by atoms with van der Waals surface area (Å²) < 4.78 is 5.48. The highest BCUT2D eigenvalue weighted by atomic mass is 16.5. The average Bonchev–Trinajstić information content (AvgIpc) is 3.18. The van der Waals surface area contributed by atoms with E-state index in [4.69, 9.17) is 4.74 Å². The SMILES string of the molecule is O=C(NCC1CCCO1)c1ccc(-c2ncc[nH]2)cc1. The Morgan fingerprint density at radius 3 is 2.90 bits per heavy atom. The Hall–Kier alpha value is -2.14. The predicted molar refractivity (Wildman–Crippen MR) is 75.3 cm³/mol. The van der Waals surface area contributed by atoms with Crippen molar-refractivity contribution in [1.29, 1.82) is 0 Å². The molecule has 1 aromatic heterocycles. The normalized spacial score (nSPS) is 18.1. The van der Waals surface area contributed by atoms with Gasteiger partial charge in [0.15, 0.2) is 0 Å². The van der Waals surface area contributed by atoms with Gasteiger partial charge in [-0.05, 0) is 25.0 Å². The fourth-order valence-electron chi connectivity index (χ4n) is 2.32. The van der Waals surface area contributed by atoms with E-state index in [1.165, 1.54) is 0 Å². The fraction of sp³-hybridized carbons (Fsp3) is 0.333. The number of hydrogen-bond acceptors (Lipinski definition) is 3. The number of nitrogens with zero attached hydrogens (tertiary/aromatic N) is 1. The van der Waals surface area contributed by atoms with Gasteiger partial charge < -0.3 is 15.0 Å². The van der Waals surface area contributed by atoms with Crippen molar-refractivity contribution in [1.82, 2.24) is 15.3 Å². The van der Waals surface area contributed by atoms with Gasteiger partial charge in [-0.3, -0.25) is 4.79 Å². The minimum Gasteiger partial charge on any atom is -0.376 e. The van der Waals surface area contributed by atoms with Crippen LogP contribution in [-0.2, 0) is 4.74 Å². The first-order chi connectivity index (χ1) is 9.83. The molecule has 0 bridgehead atoms. The summed E-state index contributed by atoms with van der Waals surface area (Å²) in [7, 11) is 0. The number of benzene rings is 1. The van der Waals surface area contributed by atoms with Crippen LogP contribution in [0.3, 0.4) is 0 Å². The molecule has 1 unspecified atom stereocenters. The lowest BCUT2D eigenvalue weighted by atomic mass is 10.1. The van der Waals surface area contributed by atoms with Crippen LogP contribution < -0.4 is 5.32 Å². The first kappa shape index (κ1) is 12.9. The lowest BCUT2D eigenvalue weighted by Gasteiger charge is -2.10. The second-order valence-electron chi connectivity index (χ2n) is 4.86. The standard InChI is InChI=1S/C15H17N3O2/c19-15(18-10-13-2-1-9-20-13)12-5-3-11(4-6-12)14-16-7-8-17-14/h3-8,13H,1-2,9-10H2,(H,16,17)(H,18,19). The quantitative estimate of drug-likeness (QED) is 0.893. The molecule has 3 rings (SSSR count). The first-order valence-corrected chi connectivity index (χ1v) is 6.82. The molecule has 1 fully saturated rings. The summed E-state index contributed by atoms with van der Waals surface area (Å²) in [6.45, 7) is 1.39.